The van der Waals surface area contributed by atoms with Gasteiger partial charge in [-0.3, -0.25) is 19.1 Å². The Morgan fingerprint density at radius 1 is 1.02 bits per heavy atom. The average molecular weight is 739 g/mol. The highest BCUT2D eigenvalue weighted by molar-refractivity contribution is 7.91. The van der Waals surface area contributed by atoms with Gasteiger partial charge in [-0.05, 0) is 75.0 Å². The lowest BCUT2D eigenvalue weighted by atomic mass is 9.85. The van der Waals surface area contributed by atoms with E-state index < -0.39 is 73.6 Å². The Kier molecular flexibility index (Phi) is 10.1. The monoisotopic (exact) mass is 738 g/mol. The highest BCUT2D eigenvalue weighted by Gasteiger charge is 2.62. The van der Waals surface area contributed by atoms with Gasteiger partial charge in [-0.1, -0.05) is 51.1 Å². The smallest absolute Gasteiger partial charge is 0.408 e. The number of furan rings is 1. The minimum Gasteiger partial charge on any atom is -0.461 e. The van der Waals surface area contributed by atoms with Crippen LogP contribution in [0.5, 0.6) is 0 Å². The van der Waals surface area contributed by atoms with Crippen LogP contribution in [0, 0.1) is 18.3 Å². The maximum absolute atomic E-state index is 14.7. The predicted molar refractivity (Wildman–Crippen MR) is 192 cm³/mol. The van der Waals surface area contributed by atoms with Crippen LogP contribution in [0.2, 0.25) is 0 Å². The number of hydrogen-bond acceptors (Lipinski definition) is 9. The van der Waals surface area contributed by atoms with Gasteiger partial charge in [0, 0.05) is 25.0 Å². The van der Waals surface area contributed by atoms with Gasteiger partial charge in [-0.15, -0.1) is 6.58 Å². The number of ether oxygens (including phenoxy) is 2. The number of hydrogen-bond donors (Lipinski definition) is 3. The summed E-state index contributed by atoms with van der Waals surface area (Å²) >= 11 is 0. The summed E-state index contributed by atoms with van der Waals surface area (Å²) in [4.78, 5) is 57.2. The molecule has 6 rings (SSSR count). The van der Waals surface area contributed by atoms with Crippen molar-refractivity contribution >= 4 is 33.8 Å². The van der Waals surface area contributed by atoms with Gasteiger partial charge in [0.15, 0.2) is 0 Å². The van der Waals surface area contributed by atoms with Gasteiger partial charge in [0.2, 0.25) is 21.8 Å². The number of sulfonamides is 1. The topological polar surface area (TPSA) is 173 Å². The number of nitrogens with one attached hydrogen (secondary N) is 3. The number of aryl methyl sites for hydroxylation is 1. The van der Waals surface area contributed by atoms with Crippen molar-refractivity contribution in [3.63, 3.8) is 0 Å². The molecule has 1 aliphatic heterocycles. The quantitative estimate of drug-likeness (QED) is 0.266. The van der Waals surface area contributed by atoms with E-state index in [-0.39, 0.29) is 25.5 Å². The molecule has 0 radical (unpaired) electrons. The molecule has 2 heterocycles. The molecule has 4 fully saturated rings. The van der Waals surface area contributed by atoms with Crippen molar-refractivity contribution in [2.75, 3.05) is 13.7 Å². The molecule has 0 spiro atoms. The zero-order valence-electron chi connectivity index (χ0n) is 30.5. The Bertz CT molecular complexity index is 1820. The van der Waals surface area contributed by atoms with Crippen LogP contribution >= 0.6 is 0 Å². The van der Waals surface area contributed by atoms with Gasteiger partial charge in [0.05, 0.1) is 11.8 Å². The van der Waals surface area contributed by atoms with E-state index in [1.807, 2.05) is 64.1 Å². The molecule has 5 atom stereocenters. The van der Waals surface area contributed by atoms with Crippen molar-refractivity contribution in [2.45, 2.75) is 114 Å². The maximum atomic E-state index is 14.7. The van der Waals surface area contributed by atoms with Crippen molar-refractivity contribution in [1.29, 1.82) is 0 Å². The molecule has 4 amide bonds. The SMILES string of the molecule is C=C[C@@H]1C[C@]1(NC(=O)[C@@H]1C[C@@](OC)(c2ccc(-c3ccc(C)o3)cc2)CN1C(=O)[C@@H](NC(=O)OC1CCCC1)C(C)(C)C)C(=O)NS(=O)(=O)C1CC1. The van der Waals surface area contributed by atoms with E-state index in [2.05, 4.69) is 21.9 Å². The Hall–Kier alpha value is -4.17. The summed E-state index contributed by atoms with van der Waals surface area (Å²) in [7, 11) is -2.39. The van der Waals surface area contributed by atoms with Crippen LogP contribution in [0.15, 0.2) is 53.5 Å². The second-order valence-electron chi connectivity index (χ2n) is 15.8. The molecule has 1 saturated heterocycles. The Morgan fingerprint density at radius 2 is 1.69 bits per heavy atom. The summed E-state index contributed by atoms with van der Waals surface area (Å²) < 4.78 is 45.3. The molecule has 3 aliphatic carbocycles. The van der Waals surface area contributed by atoms with Crippen molar-refractivity contribution in [3.8, 4) is 11.3 Å². The Morgan fingerprint density at radius 3 is 2.23 bits per heavy atom. The van der Waals surface area contributed by atoms with Crippen LogP contribution in [0.25, 0.3) is 11.3 Å². The molecular formula is C38H50N4O9S. The fourth-order valence-corrected chi connectivity index (χ4v) is 8.85. The fraction of sp³-hybridized carbons (Fsp3) is 0.579. The number of benzene rings is 1. The first kappa shape index (κ1) is 37.6. The number of carbonyl (C=O) groups is 4. The van der Waals surface area contributed by atoms with E-state index in [1.165, 1.54) is 18.1 Å². The van der Waals surface area contributed by atoms with Gasteiger partial charge < -0.3 is 29.4 Å². The summed E-state index contributed by atoms with van der Waals surface area (Å²) in [5.74, 6) is -1.07. The summed E-state index contributed by atoms with van der Waals surface area (Å²) in [5, 5.41) is 4.98. The van der Waals surface area contributed by atoms with Crippen LogP contribution < -0.4 is 15.4 Å². The Labute approximate surface area is 305 Å². The molecule has 0 unspecified atom stereocenters. The standard InChI is InChI=1S/C38H50N4O9S/c1-7-25-20-38(25,34(45)41-52(47,48)28-17-18-28)40-32(43)29-21-37(49-6,26-15-13-24(14-16-26)30-19-12-23(2)50-30)22-42(29)33(44)31(36(3,4)5)39-35(46)51-27-10-8-9-11-27/h7,12-16,19,25,27-29,31H,1,8-11,17-18,20-22H2,2-6H3,(H,39,46)(H,40,43)(H,41,45)/t25-,29+,31-,37+,38-/m1/s1. The first-order valence-corrected chi connectivity index (χ1v) is 19.6. The maximum Gasteiger partial charge on any atom is 0.408 e. The van der Waals surface area contributed by atoms with E-state index in [0.717, 1.165) is 37.0 Å². The normalized spacial score (nSPS) is 26.8. The van der Waals surface area contributed by atoms with Crippen LogP contribution in [0.1, 0.15) is 83.5 Å². The second kappa shape index (κ2) is 14.0. The molecule has 282 valence electrons. The minimum absolute atomic E-state index is 0.0144. The van der Waals surface area contributed by atoms with E-state index in [9.17, 15) is 27.6 Å². The number of likely N-dealkylation sites (tertiary alicyclic amines) is 1. The van der Waals surface area contributed by atoms with Crippen LogP contribution in [-0.4, -0.2) is 79.8 Å². The molecule has 52 heavy (non-hydrogen) atoms. The summed E-state index contributed by atoms with van der Waals surface area (Å²) in [6.45, 7) is 11.0. The van der Waals surface area contributed by atoms with Crippen molar-refractivity contribution < 1.29 is 41.5 Å². The summed E-state index contributed by atoms with van der Waals surface area (Å²) in [6.07, 6.45) is 5.11. The van der Waals surface area contributed by atoms with Crippen LogP contribution in [0.3, 0.4) is 0 Å². The molecule has 13 nitrogen and oxygen atoms in total. The number of carbonyl (C=O) groups excluding carboxylic acids is 4. The van der Waals surface area contributed by atoms with Gasteiger partial charge in [0.1, 0.15) is 40.8 Å². The van der Waals surface area contributed by atoms with Gasteiger partial charge >= 0.3 is 6.09 Å². The number of alkyl carbamates (subject to hydrolysis) is 1. The summed E-state index contributed by atoms with van der Waals surface area (Å²) in [6, 6.07) is 8.99. The molecule has 14 heteroatoms. The van der Waals surface area contributed by atoms with Crippen molar-refractivity contribution in [3.05, 3.63) is 60.4 Å². The molecular weight excluding hydrogens is 689 g/mol. The molecule has 0 bridgehead atoms. The van der Waals surface area contributed by atoms with E-state index in [1.54, 1.807) is 0 Å². The molecule has 1 aromatic heterocycles. The Balaban J connectivity index is 1.31. The highest BCUT2D eigenvalue weighted by atomic mass is 32.2. The zero-order valence-corrected chi connectivity index (χ0v) is 31.3. The summed E-state index contributed by atoms with van der Waals surface area (Å²) in [5.41, 5.74) is -1.97. The average Bonchev–Trinajstić information content (AvgIpc) is 3.91. The highest BCUT2D eigenvalue weighted by Crippen LogP contribution is 2.47. The van der Waals surface area contributed by atoms with Gasteiger partial charge in [0.25, 0.3) is 5.91 Å². The number of rotatable bonds is 12. The second-order valence-corrected chi connectivity index (χ2v) is 17.8. The molecule has 3 saturated carbocycles. The predicted octanol–water partition coefficient (Wildman–Crippen LogP) is 4.45. The van der Waals surface area contributed by atoms with E-state index in [0.29, 0.717) is 24.2 Å². The number of amides is 4. The van der Waals surface area contributed by atoms with Crippen molar-refractivity contribution in [1.82, 2.24) is 20.3 Å². The zero-order chi connectivity index (χ0) is 37.6. The fourth-order valence-electron chi connectivity index (χ4n) is 7.48. The van der Waals surface area contributed by atoms with Gasteiger partial charge in [-0.25, -0.2) is 13.2 Å². The molecule has 1 aromatic carbocycles. The minimum atomic E-state index is -3.90. The first-order valence-electron chi connectivity index (χ1n) is 18.0. The lowest BCUT2D eigenvalue weighted by molar-refractivity contribution is -0.143. The first-order chi connectivity index (χ1) is 24.5. The third-order valence-corrected chi connectivity index (χ3v) is 12.8. The molecule has 3 N–H and O–H groups in total. The molecule has 2 aromatic rings. The van der Waals surface area contributed by atoms with Crippen LogP contribution in [-0.2, 0) is 39.5 Å². The third-order valence-electron chi connectivity index (χ3n) is 10.9. The van der Waals surface area contributed by atoms with Crippen molar-refractivity contribution in [2.24, 2.45) is 11.3 Å². The molecule has 4 aliphatic rings. The van der Waals surface area contributed by atoms with Gasteiger partial charge in [-0.2, -0.15) is 0 Å². The lowest BCUT2D eigenvalue weighted by Gasteiger charge is -2.36. The van der Waals surface area contributed by atoms with E-state index in [4.69, 9.17) is 13.9 Å². The largest absolute Gasteiger partial charge is 0.461 e. The third kappa shape index (κ3) is 7.50. The number of methoxy groups -OCH3 is 1. The van der Waals surface area contributed by atoms with Crippen LogP contribution in [0.4, 0.5) is 4.79 Å². The number of nitrogens with zero attached hydrogens (tertiary/aromatic N) is 1. The lowest BCUT2D eigenvalue weighted by Crippen LogP contribution is -2.60. The van der Waals surface area contributed by atoms with E-state index >= 15 is 0 Å².